The Bertz CT molecular complexity index is 1040. The summed E-state index contributed by atoms with van der Waals surface area (Å²) >= 11 is 0. The van der Waals surface area contributed by atoms with Gasteiger partial charge in [-0.25, -0.2) is 0 Å². The first kappa shape index (κ1) is 46.3. The first-order chi connectivity index (χ1) is 19.6. The van der Waals surface area contributed by atoms with Crippen molar-refractivity contribution in [2.24, 2.45) is 40.4 Å². The molecule has 2 unspecified atom stereocenters. The lowest BCUT2D eigenvalue weighted by atomic mass is 10.0. The number of halogens is 4. The molecule has 0 aromatic carbocycles. The second kappa shape index (κ2) is 19.9. The fourth-order valence-corrected chi connectivity index (χ4v) is 4.46. The molecule has 0 radical (unpaired) electrons. The number of β-amino-alcohol motifs (C(OH)–C–C–N with tert-alkyl or cyclic N) is 2. The molecule has 14 nitrogen and oxygen atoms in total. The molecule has 0 aliphatic carbocycles. The lowest BCUT2D eigenvalue weighted by Gasteiger charge is -2.30. The number of hydrogen-bond donors (Lipinski definition) is 6. The average molecular weight is 735 g/mol. The fourth-order valence-electron chi connectivity index (χ4n) is 4.46. The standard InChI is InChI=1S/C14H26N6O2.C14H26N6.4ClH/c1-13(2,11-15-5-9(21)6-16-11)19-20-14(3,4)12-17-7-10(22)8-18-12;1-13(2,11-15-7-5-8-16-11)19-20-14(3,4)12-17-9-6-10-18-12;;;;/h9-10,21-22H,5-8H2,1-4H3,(H,15,16)(H,17,18);5-10H2,1-4H3,(H,15,16)(H,17,18);4*1H. The molecule has 0 saturated heterocycles. The zero-order valence-electron chi connectivity index (χ0n) is 28.3. The minimum atomic E-state index is -0.591. The van der Waals surface area contributed by atoms with Gasteiger partial charge in [-0.05, 0) is 68.2 Å². The molecule has 4 heterocycles. The van der Waals surface area contributed by atoms with E-state index in [0.29, 0.717) is 26.2 Å². The van der Waals surface area contributed by atoms with Crippen molar-refractivity contribution in [3.05, 3.63) is 0 Å². The molecular weight excluding hydrogens is 678 g/mol. The quantitative estimate of drug-likeness (QED) is 0.208. The van der Waals surface area contributed by atoms with Gasteiger partial charge in [0.25, 0.3) is 0 Å². The highest BCUT2D eigenvalue weighted by molar-refractivity contribution is 5.93. The number of amidine groups is 4. The predicted octanol–water partition coefficient (Wildman–Crippen LogP) is 3.19. The molecule has 2 atom stereocenters. The van der Waals surface area contributed by atoms with Gasteiger partial charge in [0.05, 0.1) is 25.3 Å². The number of aliphatic hydroxyl groups is 2. The largest absolute Gasteiger partial charge is 0.389 e. The average Bonchev–Trinajstić information content (AvgIpc) is 2.97. The molecule has 0 saturated carbocycles. The minimum Gasteiger partial charge on any atom is -0.389 e. The van der Waals surface area contributed by atoms with Crippen LogP contribution in [0.3, 0.4) is 0 Å². The maximum absolute atomic E-state index is 9.48. The Balaban J connectivity index is 0. The van der Waals surface area contributed by atoms with Crippen molar-refractivity contribution in [1.82, 2.24) is 21.3 Å². The van der Waals surface area contributed by atoms with Gasteiger partial charge in [0.2, 0.25) is 0 Å². The van der Waals surface area contributed by atoms with Crippen molar-refractivity contribution in [2.75, 3.05) is 52.4 Å². The van der Waals surface area contributed by atoms with Crippen LogP contribution in [0, 0.1) is 0 Å². The number of nitrogens with zero attached hydrogens (tertiary/aromatic N) is 8. The molecule has 46 heavy (non-hydrogen) atoms. The highest BCUT2D eigenvalue weighted by Gasteiger charge is 2.33. The van der Waals surface area contributed by atoms with Gasteiger partial charge in [0.1, 0.15) is 45.5 Å². The smallest absolute Gasteiger partial charge is 0.133 e. The highest BCUT2D eigenvalue weighted by Crippen LogP contribution is 2.21. The summed E-state index contributed by atoms with van der Waals surface area (Å²) in [5, 5.41) is 49.7. The Morgan fingerprint density at radius 3 is 1.00 bits per heavy atom. The third-order valence-corrected chi connectivity index (χ3v) is 7.14. The fraction of sp³-hybridized carbons (Fsp3) is 0.857. The zero-order chi connectivity index (χ0) is 31.0. The van der Waals surface area contributed by atoms with Crippen molar-refractivity contribution < 1.29 is 10.2 Å². The second-order valence-electron chi connectivity index (χ2n) is 13.1. The van der Waals surface area contributed by atoms with E-state index in [9.17, 15) is 10.2 Å². The number of azo groups is 2. The summed E-state index contributed by atoms with van der Waals surface area (Å²) in [5.41, 5.74) is -2.00. The number of nitrogens with one attached hydrogen (secondary N) is 4. The molecular formula is C28H56Cl4N12O2. The van der Waals surface area contributed by atoms with Crippen molar-refractivity contribution in [2.45, 2.75) is 103 Å². The van der Waals surface area contributed by atoms with Crippen LogP contribution in [0.4, 0.5) is 0 Å². The van der Waals surface area contributed by atoms with Crippen LogP contribution < -0.4 is 21.3 Å². The normalized spacial score (nSPS) is 22.0. The Morgan fingerprint density at radius 2 is 0.783 bits per heavy atom. The Labute approximate surface area is 298 Å². The third kappa shape index (κ3) is 13.7. The van der Waals surface area contributed by atoms with Crippen molar-refractivity contribution in [1.29, 1.82) is 0 Å². The third-order valence-electron chi connectivity index (χ3n) is 7.14. The lowest BCUT2D eigenvalue weighted by molar-refractivity contribution is 0.179. The molecule has 4 aliphatic rings. The summed E-state index contributed by atoms with van der Waals surface area (Å²) in [7, 11) is 0. The van der Waals surface area contributed by atoms with Crippen LogP contribution in [0.5, 0.6) is 0 Å². The lowest BCUT2D eigenvalue weighted by Crippen LogP contribution is -2.50. The van der Waals surface area contributed by atoms with E-state index in [2.05, 4.69) is 61.7 Å². The van der Waals surface area contributed by atoms with Gasteiger partial charge in [-0.3, -0.25) is 20.0 Å². The van der Waals surface area contributed by atoms with Gasteiger partial charge in [-0.1, -0.05) is 0 Å². The maximum Gasteiger partial charge on any atom is 0.133 e. The van der Waals surface area contributed by atoms with Gasteiger partial charge in [0.15, 0.2) is 0 Å². The van der Waals surface area contributed by atoms with Gasteiger partial charge < -0.3 is 31.5 Å². The Kier molecular flexibility index (Phi) is 20.0. The molecule has 0 aromatic rings. The topological polar surface area (TPSA) is 187 Å². The molecule has 4 rings (SSSR count). The van der Waals surface area contributed by atoms with Crippen LogP contribution in [-0.4, -0.2) is 120 Å². The van der Waals surface area contributed by atoms with E-state index in [1.165, 1.54) is 0 Å². The van der Waals surface area contributed by atoms with Gasteiger partial charge in [0, 0.05) is 39.3 Å². The molecule has 0 bridgehead atoms. The van der Waals surface area contributed by atoms with E-state index in [-0.39, 0.29) is 49.6 Å². The number of aliphatic imine (C=N–C) groups is 4. The SMILES string of the molecule is CC(C)(N=NC(C)(C)C1=NCC(O)CN1)C1=NCC(O)CN1.CC(C)(N=NC(C)(C)C1=NCCCN1)C1=NCCCN1.Cl.Cl.Cl.Cl. The first-order valence-electron chi connectivity index (χ1n) is 15.0. The summed E-state index contributed by atoms with van der Waals surface area (Å²) in [4.78, 5) is 17.7. The molecule has 0 spiro atoms. The molecule has 6 N–H and O–H groups in total. The zero-order valence-corrected chi connectivity index (χ0v) is 31.6. The summed E-state index contributed by atoms with van der Waals surface area (Å²) in [6, 6.07) is 0. The molecule has 4 aliphatic heterocycles. The highest BCUT2D eigenvalue weighted by atomic mass is 35.5. The molecule has 268 valence electrons. The van der Waals surface area contributed by atoms with Crippen LogP contribution in [0.1, 0.15) is 68.2 Å². The molecule has 0 amide bonds. The summed E-state index contributed by atoms with van der Waals surface area (Å²) in [6.45, 7) is 21.3. The summed E-state index contributed by atoms with van der Waals surface area (Å²) in [5.74, 6) is 3.32. The predicted molar refractivity (Wildman–Crippen MR) is 197 cm³/mol. The number of hydrogen-bond acceptors (Lipinski definition) is 14. The van der Waals surface area contributed by atoms with E-state index in [1.54, 1.807) is 0 Å². The van der Waals surface area contributed by atoms with Gasteiger partial charge >= 0.3 is 0 Å². The van der Waals surface area contributed by atoms with Crippen LogP contribution in [0.2, 0.25) is 0 Å². The van der Waals surface area contributed by atoms with Crippen molar-refractivity contribution in [3.8, 4) is 0 Å². The van der Waals surface area contributed by atoms with Crippen LogP contribution in [0.15, 0.2) is 40.4 Å². The number of rotatable bonds is 8. The van der Waals surface area contributed by atoms with Gasteiger partial charge in [-0.2, -0.15) is 20.5 Å². The molecule has 0 aromatic heterocycles. The van der Waals surface area contributed by atoms with E-state index < -0.39 is 34.4 Å². The molecule has 0 fully saturated rings. The van der Waals surface area contributed by atoms with E-state index in [4.69, 9.17) is 0 Å². The minimum absolute atomic E-state index is 0. The van der Waals surface area contributed by atoms with Crippen molar-refractivity contribution >= 4 is 73.0 Å². The summed E-state index contributed by atoms with van der Waals surface area (Å²) < 4.78 is 0. The maximum atomic E-state index is 9.48. The molecule has 18 heteroatoms. The Hall–Kier alpha value is -1.84. The van der Waals surface area contributed by atoms with E-state index in [0.717, 1.165) is 62.4 Å². The number of aliphatic hydroxyl groups excluding tert-OH is 2. The second-order valence-corrected chi connectivity index (χ2v) is 13.1. The van der Waals surface area contributed by atoms with Gasteiger partial charge in [-0.15, -0.1) is 49.6 Å². The van der Waals surface area contributed by atoms with Crippen LogP contribution in [0.25, 0.3) is 0 Å². The Morgan fingerprint density at radius 1 is 0.500 bits per heavy atom. The van der Waals surface area contributed by atoms with E-state index >= 15 is 0 Å². The summed E-state index contributed by atoms with van der Waals surface area (Å²) in [6.07, 6.45) is 1.28. The monoisotopic (exact) mass is 732 g/mol. The van der Waals surface area contributed by atoms with Crippen molar-refractivity contribution in [3.63, 3.8) is 0 Å². The van der Waals surface area contributed by atoms with E-state index in [1.807, 2.05) is 55.4 Å². The van der Waals surface area contributed by atoms with Crippen LogP contribution in [-0.2, 0) is 0 Å². The first-order valence-corrected chi connectivity index (χ1v) is 15.0. The van der Waals surface area contributed by atoms with Crippen LogP contribution >= 0.6 is 49.6 Å².